The van der Waals surface area contributed by atoms with Crippen molar-refractivity contribution in [3.8, 4) is 0 Å². The SMILES string of the molecule is CCC/C=C/C(=O)OC[N+](CO)(CO)CO. The van der Waals surface area contributed by atoms with Gasteiger partial charge in [0.25, 0.3) is 0 Å². The van der Waals surface area contributed by atoms with E-state index in [1.54, 1.807) is 6.08 Å². The molecule has 6 nitrogen and oxygen atoms in total. The summed E-state index contributed by atoms with van der Waals surface area (Å²) in [7, 11) is 0. The van der Waals surface area contributed by atoms with Crippen LogP contribution >= 0.6 is 0 Å². The Kier molecular flexibility index (Phi) is 7.74. The Hall–Kier alpha value is -0.950. The second-order valence-corrected chi connectivity index (χ2v) is 3.55. The topological polar surface area (TPSA) is 87.0 Å². The fourth-order valence-corrected chi connectivity index (χ4v) is 0.852. The molecule has 0 spiro atoms. The maximum absolute atomic E-state index is 11.1. The first-order valence-electron chi connectivity index (χ1n) is 5.15. The van der Waals surface area contributed by atoms with Gasteiger partial charge in [-0.05, 0) is 6.42 Å². The third-order valence-electron chi connectivity index (χ3n) is 2.09. The van der Waals surface area contributed by atoms with E-state index in [9.17, 15) is 4.79 Å². The van der Waals surface area contributed by atoms with Crippen molar-refractivity contribution in [3.05, 3.63) is 12.2 Å². The van der Waals surface area contributed by atoms with Crippen LogP contribution in [0.1, 0.15) is 19.8 Å². The number of unbranched alkanes of at least 4 members (excludes halogenated alkanes) is 1. The van der Waals surface area contributed by atoms with Crippen LogP contribution in [0.3, 0.4) is 0 Å². The first-order valence-corrected chi connectivity index (χ1v) is 5.15. The first-order chi connectivity index (χ1) is 7.64. The van der Waals surface area contributed by atoms with E-state index in [4.69, 9.17) is 20.1 Å². The van der Waals surface area contributed by atoms with E-state index in [1.165, 1.54) is 6.08 Å². The molecule has 0 aliphatic carbocycles. The lowest BCUT2D eigenvalue weighted by Crippen LogP contribution is -2.51. The molecule has 0 aromatic heterocycles. The van der Waals surface area contributed by atoms with Crippen LogP contribution in [-0.2, 0) is 9.53 Å². The van der Waals surface area contributed by atoms with Gasteiger partial charge >= 0.3 is 5.97 Å². The third kappa shape index (κ3) is 5.22. The molecule has 0 aliphatic heterocycles. The summed E-state index contributed by atoms with van der Waals surface area (Å²) in [6.07, 6.45) is 4.71. The largest absolute Gasteiger partial charge is 0.412 e. The number of carbonyl (C=O) groups excluding carboxylic acids is 1. The highest BCUT2D eigenvalue weighted by Crippen LogP contribution is 2.03. The molecular formula is C10H20NO5+. The molecule has 0 radical (unpaired) electrons. The van der Waals surface area contributed by atoms with Gasteiger partial charge in [-0.25, -0.2) is 9.28 Å². The number of aliphatic hydroxyl groups excluding tert-OH is 3. The highest BCUT2D eigenvalue weighted by molar-refractivity contribution is 5.81. The molecule has 94 valence electrons. The zero-order chi connectivity index (χ0) is 12.4. The average molecular weight is 234 g/mol. The number of rotatable bonds is 8. The Morgan fingerprint density at radius 2 is 1.81 bits per heavy atom. The summed E-state index contributed by atoms with van der Waals surface area (Å²) in [4.78, 5) is 11.1. The van der Waals surface area contributed by atoms with Crippen LogP contribution in [0.4, 0.5) is 0 Å². The standard InChI is InChI=1S/C10H20NO5/c1-2-3-4-5-10(15)16-9-11(6-12,7-13)8-14/h4-5,12-14H,2-3,6-9H2,1H3/q+1/b5-4+. The third-order valence-corrected chi connectivity index (χ3v) is 2.09. The molecule has 0 saturated carbocycles. The molecule has 0 heterocycles. The van der Waals surface area contributed by atoms with Gasteiger partial charge in [0.2, 0.25) is 6.73 Å². The fraction of sp³-hybridized carbons (Fsp3) is 0.700. The number of hydrogen-bond donors (Lipinski definition) is 3. The van der Waals surface area contributed by atoms with Gasteiger partial charge in [0.15, 0.2) is 20.2 Å². The van der Waals surface area contributed by atoms with Crippen LogP contribution in [0.15, 0.2) is 12.2 Å². The maximum Gasteiger partial charge on any atom is 0.334 e. The van der Waals surface area contributed by atoms with Gasteiger partial charge in [-0.2, -0.15) is 0 Å². The minimum absolute atomic E-state index is 0.265. The van der Waals surface area contributed by atoms with E-state index in [0.29, 0.717) is 0 Å². The summed E-state index contributed by atoms with van der Waals surface area (Å²) in [5, 5.41) is 26.8. The van der Waals surface area contributed by atoms with E-state index >= 15 is 0 Å². The van der Waals surface area contributed by atoms with Crippen molar-refractivity contribution < 1.29 is 29.3 Å². The minimum Gasteiger partial charge on any atom is -0.412 e. The molecular weight excluding hydrogens is 214 g/mol. The van der Waals surface area contributed by atoms with Crippen LogP contribution in [0.2, 0.25) is 0 Å². The Labute approximate surface area is 95.0 Å². The Morgan fingerprint density at radius 3 is 2.25 bits per heavy atom. The van der Waals surface area contributed by atoms with Crippen molar-refractivity contribution in [2.45, 2.75) is 19.8 Å². The lowest BCUT2D eigenvalue weighted by atomic mass is 10.3. The number of hydrogen-bond acceptors (Lipinski definition) is 5. The molecule has 6 heteroatoms. The van der Waals surface area contributed by atoms with Gasteiger partial charge in [0.05, 0.1) is 0 Å². The quantitative estimate of drug-likeness (QED) is 0.228. The number of nitrogens with zero attached hydrogens (tertiary/aromatic N) is 1. The molecule has 0 aliphatic rings. The number of quaternary nitrogens is 1. The molecule has 0 rings (SSSR count). The number of esters is 1. The van der Waals surface area contributed by atoms with Crippen LogP contribution < -0.4 is 0 Å². The number of allylic oxidation sites excluding steroid dienone is 1. The highest BCUT2D eigenvalue weighted by atomic mass is 16.6. The van der Waals surface area contributed by atoms with E-state index < -0.39 is 30.6 Å². The summed E-state index contributed by atoms with van der Waals surface area (Å²) in [5.41, 5.74) is 0. The molecule has 0 atom stereocenters. The van der Waals surface area contributed by atoms with Crippen molar-refractivity contribution in [3.63, 3.8) is 0 Å². The van der Waals surface area contributed by atoms with Crippen molar-refractivity contribution in [1.29, 1.82) is 0 Å². The van der Waals surface area contributed by atoms with Crippen molar-refractivity contribution in [2.75, 3.05) is 26.9 Å². The van der Waals surface area contributed by atoms with Crippen LogP contribution in [0.5, 0.6) is 0 Å². The monoisotopic (exact) mass is 234 g/mol. The Balaban J connectivity index is 4.06. The zero-order valence-electron chi connectivity index (χ0n) is 9.50. The van der Waals surface area contributed by atoms with Crippen molar-refractivity contribution >= 4 is 5.97 Å². The van der Waals surface area contributed by atoms with Crippen LogP contribution in [-0.4, -0.2) is 52.7 Å². The lowest BCUT2D eigenvalue weighted by Gasteiger charge is -2.30. The summed E-state index contributed by atoms with van der Waals surface area (Å²) < 4.78 is 4.30. The fourth-order valence-electron chi connectivity index (χ4n) is 0.852. The van der Waals surface area contributed by atoms with Gasteiger partial charge in [-0.1, -0.05) is 19.4 Å². The van der Waals surface area contributed by atoms with Gasteiger partial charge in [-0.15, -0.1) is 0 Å². The minimum atomic E-state index is -0.550. The molecule has 0 fully saturated rings. The molecule has 0 amide bonds. The van der Waals surface area contributed by atoms with E-state index in [-0.39, 0.29) is 6.73 Å². The molecule has 0 saturated heterocycles. The second kappa shape index (κ2) is 8.23. The molecule has 0 aromatic carbocycles. The summed E-state index contributed by atoms with van der Waals surface area (Å²) >= 11 is 0. The highest BCUT2D eigenvalue weighted by Gasteiger charge is 2.25. The Morgan fingerprint density at radius 1 is 1.25 bits per heavy atom. The smallest absolute Gasteiger partial charge is 0.334 e. The molecule has 3 N–H and O–H groups in total. The summed E-state index contributed by atoms with van der Waals surface area (Å²) in [5.74, 6) is -0.550. The molecule has 0 aromatic rings. The van der Waals surface area contributed by atoms with Gasteiger partial charge in [-0.3, -0.25) is 0 Å². The normalized spacial score (nSPS) is 12.0. The van der Waals surface area contributed by atoms with Crippen molar-refractivity contribution in [2.24, 2.45) is 0 Å². The van der Waals surface area contributed by atoms with Gasteiger partial charge in [0, 0.05) is 6.08 Å². The van der Waals surface area contributed by atoms with Crippen LogP contribution in [0, 0.1) is 0 Å². The second-order valence-electron chi connectivity index (χ2n) is 3.55. The summed E-state index contributed by atoms with van der Waals surface area (Å²) in [6.45, 7) is 0.219. The number of carbonyl (C=O) groups is 1. The van der Waals surface area contributed by atoms with E-state index in [1.807, 2.05) is 6.92 Å². The van der Waals surface area contributed by atoms with Gasteiger partial charge < -0.3 is 20.1 Å². The van der Waals surface area contributed by atoms with Gasteiger partial charge in [0.1, 0.15) is 0 Å². The predicted octanol–water partition coefficient (Wildman–Crippen LogP) is -0.490. The predicted molar refractivity (Wildman–Crippen MR) is 56.5 cm³/mol. The first kappa shape index (κ1) is 15.0. The van der Waals surface area contributed by atoms with E-state index in [0.717, 1.165) is 12.8 Å². The maximum atomic E-state index is 11.1. The molecule has 16 heavy (non-hydrogen) atoms. The van der Waals surface area contributed by atoms with Crippen LogP contribution in [0.25, 0.3) is 0 Å². The lowest BCUT2D eigenvalue weighted by molar-refractivity contribution is -0.989. The molecule has 0 unspecified atom stereocenters. The Bertz CT molecular complexity index is 217. The van der Waals surface area contributed by atoms with E-state index in [2.05, 4.69) is 0 Å². The number of aliphatic hydroxyl groups is 3. The average Bonchev–Trinajstić information content (AvgIpc) is 2.32. The summed E-state index contributed by atoms with van der Waals surface area (Å²) in [6, 6.07) is 0. The van der Waals surface area contributed by atoms with Crippen molar-refractivity contribution in [1.82, 2.24) is 0 Å². The zero-order valence-corrected chi connectivity index (χ0v) is 9.50. The molecule has 0 bridgehead atoms. The number of ether oxygens (including phenoxy) is 1.